The first-order valence-electron chi connectivity index (χ1n) is 6.26. The van der Waals surface area contributed by atoms with E-state index in [9.17, 15) is 0 Å². The molecule has 4 nitrogen and oxygen atoms in total. The Labute approximate surface area is 121 Å². The van der Waals surface area contributed by atoms with Crippen molar-refractivity contribution in [2.75, 3.05) is 12.4 Å². The van der Waals surface area contributed by atoms with Crippen molar-refractivity contribution in [3.05, 3.63) is 59.4 Å². The van der Waals surface area contributed by atoms with Crippen LogP contribution in [0.2, 0.25) is 5.02 Å². The van der Waals surface area contributed by atoms with Crippen LogP contribution in [0.1, 0.15) is 5.56 Å². The lowest BCUT2D eigenvalue weighted by molar-refractivity contribution is 0.415. The second-order valence-corrected chi connectivity index (χ2v) is 4.81. The minimum Gasteiger partial charge on any atom is -0.495 e. The molecule has 0 amide bonds. The molecule has 0 saturated heterocycles. The van der Waals surface area contributed by atoms with E-state index in [1.54, 1.807) is 7.11 Å². The van der Waals surface area contributed by atoms with Crippen LogP contribution in [0.25, 0.3) is 5.52 Å². The number of anilines is 1. The third-order valence-corrected chi connectivity index (χ3v) is 3.45. The van der Waals surface area contributed by atoms with Gasteiger partial charge in [-0.2, -0.15) is 5.10 Å². The van der Waals surface area contributed by atoms with E-state index in [0.29, 0.717) is 17.3 Å². The summed E-state index contributed by atoms with van der Waals surface area (Å²) in [4.78, 5) is 0. The molecule has 2 heterocycles. The molecule has 0 atom stereocenters. The molecule has 1 aromatic carbocycles. The molecule has 0 fully saturated rings. The normalized spacial score (nSPS) is 10.7. The maximum Gasteiger partial charge on any atom is 0.139 e. The number of nitrogens with one attached hydrogen (secondary N) is 1. The SMILES string of the molecule is COc1cc(NCc2cnn3ccccc23)ccc1Cl. The molecule has 0 aliphatic heterocycles. The van der Waals surface area contributed by atoms with E-state index in [1.807, 2.05) is 53.3 Å². The lowest BCUT2D eigenvalue weighted by Crippen LogP contribution is -1.99. The van der Waals surface area contributed by atoms with Crippen LogP contribution in [0.5, 0.6) is 5.75 Å². The quantitative estimate of drug-likeness (QED) is 0.797. The van der Waals surface area contributed by atoms with Crippen molar-refractivity contribution in [1.82, 2.24) is 9.61 Å². The summed E-state index contributed by atoms with van der Waals surface area (Å²) in [5.74, 6) is 0.663. The van der Waals surface area contributed by atoms with Gasteiger partial charge in [-0.25, -0.2) is 4.52 Å². The van der Waals surface area contributed by atoms with Crippen molar-refractivity contribution in [2.45, 2.75) is 6.54 Å². The van der Waals surface area contributed by atoms with Gasteiger partial charge in [0.15, 0.2) is 0 Å². The Hall–Kier alpha value is -2.20. The van der Waals surface area contributed by atoms with Crippen LogP contribution in [-0.2, 0) is 6.54 Å². The van der Waals surface area contributed by atoms with Crippen molar-refractivity contribution in [2.24, 2.45) is 0 Å². The zero-order chi connectivity index (χ0) is 13.9. The third kappa shape index (κ3) is 2.42. The highest BCUT2D eigenvalue weighted by molar-refractivity contribution is 6.32. The number of ether oxygens (including phenoxy) is 1. The van der Waals surface area contributed by atoms with Crippen molar-refractivity contribution in [3.63, 3.8) is 0 Å². The van der Waals surface area contributed by atoms with Gasteiger partial charge in [-0.05, 0) is 24.3 Å². The predicted molar refractivity (Wildman–Crippen MR) is 80.5 cm³/mol. The molecule has 5 heteroatoms. The van der Waals surface area contributed by atoms with E-state index in [4.69, 9.17) is 16.3 Å². The number of hydrogen-bond donors (Lipinski definition) is 1. The van der Waals surface area contributed by atoms with Crippen molar-refractivity contribution in [1.29, 1.82) is 0 Å². The summed E-state index contributed by atoms with van der Waals surface area (Å²) in [6.45, 7) is 0.693. The zero-order valence-electron chi connectivity index (χ0n) is 11.0. The summed E-state index contributed by atoms with van der Waals surface area (Å²) >= 11 is 6.01. The first-order chi connectivity index (χ1) is 9.78. The smallest absolute Gasteiger partial charge is 0.139 e. The summed E-state index contributed by atoms with van der Waals surface area (Å²) in [6.07, 6.45) is 3.81. The number of hydrogen-bond acceptors (Lipinski definition) is 3. The highest BCUT2D eigenvalue weighted by Crippen LogP contribution is 2.27. The number of benzene rings is 1. The van der Waals surface area contributed by atoms with Gasteiger partial charge in [0.25, 0.3) is 0 Å². The minimum absolute atomic E-state index is 0.606. The number of nitrogens with zero attached hydrogens (tertiary/aromatic N) is 2. The topological polar surface area (TPSA) is 38.6 Å². The molecule has 0 aliphatic rings. The molecule has 0 unspecified atom stereocenters. The number of halogens is 1. The standard InChI is InChI=1S/C15H14ClN3O/c1-20-15-8-12(5-6-13(15)16)17-9-11-10-18-19-7-3-2-4-14(11)19/h2-8,10,17H,9H2,1H3. The van der Waals surface area contributed by atoms with E-state index < -0.39 is 0 Å². The molecule has 20 heavy (non-hydrogen) atoms. The number of fused-ring (bicyclic) bond motifs is 1. The molecule has 3 rings (SSSR count). The van der Waals surface area contributed by atoms with Gasteiger partial charge in [-0.3, -0.25) is 0 Å². The number of methoxy groups -OCH3 is 1. The maximum absolute atomic E-state index is 6.01. The van der Waals surface area contributed by atoms with Gasteiger partial charge in [0, 0.05) is 30.1 Å². The molecule has 102 valence electrons. The summed E-state index contributed by atoms with van der Waals surface area (Å²) in [7, 11) is 1.61. The Balaban J connectivity index is 1.79. The summed E-state index contributed by atoms with van der Waals surface area (Å²) in [5.41, 5.74) is 3.20. The monoisotopic (exact) mass is 287 g/mol. The molecule has 0 radical (unpaired) electrons. The molecule has 0 aliphatic carbocycles. The van der Waals surface area contributed by atoms with Crippen LogP contribution in [0.3, 0.4) is 0 Å². The highest BCUT2D eigenvalue weighted by Gasteiger charge is 2.05. The average molecular weight is 288 g/mol. The van der Waals surface area contributed by atoms with Gasteiger partial charge in [0.1, 0.15) is 5.75 Å². The van der Waals surface area contributed by atoms with Crippen molar-refractivity contribution >= 4 is 22.8 Å². The van der Waals surface area contributed by atoms with Crippen LogP contribution in [-0.4, -0.2) is 16.7 Å². The van der Waals surface area contributed by atoms with Crippen LogP contribution >= 0.6 is 11.6 Å². The molecule has 1 N–H and O–H groups in total. The lowest BCUT2D eigenvalue weighted by atomic mass is 10.2. The average Bonchev–Trinajstić information content (AvgIpc) is 2.90. The fraction of sp³-hybridized carbons (Fsp3) is 0.133. The largest absolute Gasteiger partial charge is 0.495 e. The van der Waals surface area contributed by atoms with Gasteiger partial charge in [0.05, 0.1) is 23.8 Å². The fourth-order valence-electron chi connectivity index (χ4n) is 2.09. The number of pyridine rings is 1. The zero-order valence-corrected chi connectivity index (χ0v) is 11.8. The Morgan fingerprint density at radius 2 is 2.20 bits per heavy atom. The molecule has 0 spiro atoms. The predicted octanol–water partition coefficient (Wildman–Crippen LogP) is 3.61. The summed E-state index contributed by atoms with van der Waals surface area (Å²) < 4.78 is 7.07. The Kier molecular flexibility index (Phi) is 3.48. The van der Waals surface area contributed by atoms with Gasteiger partial charge in [0.2, 0.25) is 0 Å². The first-order valence-corrected chi connectivity index (χ1v) is 6.64. The molecular formula is C15H14ClN3O. The summed E-state index contributed by atoms with van der Waals surface area (Å²) in [6, 6.07) is 11.6. The second kappa shape index (κ2) is 5.43. The highest BCUT2D eigenvalue weighted by atomic mass is 35.5. The van der Waals surface area contributed by atoms with E-state index in [1.165, 1.54) is 0 Å². The molecule has 0 bridgehead atoms. The lowest BCUT2D eigenvalue weighted by Gasteiger charge is -2.08. The van der Waals surface area contributed by atoms with Crippen molar-refractivity contribution < 1.29 is 4.74 Å². The molecular weight excluding hydrogens is 274 g/mol. The van der Waals surface area contributed by atoms with E-state index >= 15 is 0 Å². The van der Waals surface area contributed by atoms with Crippen LogP contribution in [0.15, 0.2) is 48.8 Å². The summed E-state index contributed by atoms with van der Waals surface area (Å²) in [5, 5.41) is 8.26. The van der Waals surface area contributed by atoms with Crippen LogP contribution in [0, 0.1) is 0 Å². The first kappa shape index (κ1) is 12.8. The van der Waals surface area contributed by atoms with Gasteiger partial charge >= 0.3 is 0 Å². The van der Waals surface area contributed by atoms with Gasteiger partial charge in [-0.15, -0.1) is 0 Å². The fourth-order valence-corrected chi connectivity index (χ4v) is 2.29. The molecule has 3 aromatic rings. The van der Waals surface area contributed by atoms with Crippen LogP contribution in [0.4, 0.5) is 5.69 Å². The third-order valence-electron chi connectivity index (χ3n) is 3.14. The number of rotatable bonds is 4. The van der Waals surface area contributed by atoms with E-state index in [2.05, 4.69) is 10.4 Å². The van der Waals surface area contributed by atoms with E-state index in [0.717, 1.165) is 16.8 Å². The Bertz CT molecular complexity index is 739. The minimum atomic E-state index is 0.606. The van der Waals surface area contributed by atoms with E-state index in [-0.39, 0.29) is 0 Å². The van der Waals surface area contributed by atoms with Crippen LogP contribution < -0.4 is 10.1 Å². The molecule has 2 aromatic heterocycles. The maximum atomic E-state index is 6.01. The second-order valence-electron chi connectivity index (χ2n) is 4.40. The Morgan fingerprint density at radius 1 is 1.30 bits per heavy atom. The molecule has 0 saturated carbocycles. The van der Waals surface area contributed by atoms with Gasteiger partial charge in [-0.1, -0.05) is 17.7 Å². The number of aromatic nitrogens is 2. The van der Waals surface area contributed by atoms with Gasteiger partial charge < -0.3 is 10.1 Å². The Morgan fingerprint density at radius 3 is 3.05 bits per heavy atom. The van der Waals surface area contributed by atoms with Crippen molar-refractivity contribution in [3.8, 4) is 5.75 Å².